The SMILES string of the molecule is COc1ccc(S(=O)(=O)n2nc(OC(=O)c3c(F)c(F)c(C)c(F)c3F)cc2N)cc1. The van der Waals surface area contributed by atoms with Gasteiger partial charge in [0.2, 0.25) is 5.88 Å². The number of benzene rings is 2. The van der Waals surface area contributed by atoms with Gasteiger partial charge >= 0.3 is 5.97 Å². The molecule has 0 spiro atoms. The number of hydrogen-bond acceptors (Lipinski definition) is 7. The van der Waals surface area contributed by atoms with E-state index in [-0.39, 0.29) is 4.90 Å². The molecule has 0 atom stereocenters. The molecule has 0 fully saturated rings. The largest absolute Gasteiger partial charge is 0.497 e. The van der Waals surface area contributed by atoms with Crippen LogP contribution in [0.1, 0.15) is 15.9 Å². The van der Waals surface area contributed by atoms with Crippen LogP contribution in [0.4, 0.5) is 23.4 Å². The second-order valence-corrected chi connectivity index (χ2v) is 7.84. The van der Waals surface area contributed by atoms with Crippen LogP contribution in [-0.2, 0) is 10.0 Å². The minimum absolute atomic E-state index is 0.249. The number of anilines is 1. The summed E-state index contributed by atoms with van der Waals surface area (Å²) in [6.07, 6.45) is 0. The number of carbonyl (C=O) groups is 1. The van der Waals surface area contributed by atoms with Crippen molar-refractivity contribution in [1.29, 1.82) is 0 Å². The highest BCUT2D eigenvalue weighted by atomic mass is 32.2. The predicted octanol–water partition coefficient (Wildman–Crippen LogP) is 2.79. The number of aromatic nitrogens is 2. The van der Waals surface area contributed by atoms with Gasteiger partial charge in [-0.05, 0) is 31.2 Å². The summed E-state index contributed by atoms with van der Waals surface area (Å²) in [4.78, 5) is 11.8. The van der Waals surface area contributed by atoms with Crippen molar-refractivity contribution in [3.8, 4) is 11.6 Å². The molecular weight excluding hydrogens is 446 g/mol. The highest BCUT2D eigenvalue weighted by molar-refractivity contribution is 7.90. The molecule has 0 saturated carbocycles. The van der Waals surface area contributed by atoms with Gasteiger partial charge in [-0.1, -0.05) is 0 Å². The normalized spacial score (nSPS) is 11.4. The lowest BCUT2D eigenvalue weighted by atomic mass is 10.1. The van der Waals surface area contributed by atoms with Crippen LogP contribution >= 0.6 is 0 Å². The summed E-state index contributed by atoms with van der Waals surface area (Å²) in [7, 11) is -2.96. The van der Waals surface area contributed by atoms with Gasteiger partial charge in [0.25, 0.3) is 10.0 Å². The molecule has 8 nitrogen and oxygen atoms in total. The van der Waals surface area contributed by atoms with E-state index in [1.165, 1.54) is 31.4 Å². The van der Waals surface area contributed by atoms with E-state index in [0.29, 0.717) is 9.84 Å². The molecule has 0 amide bonds. The van der Waals surface area contributed by atoms with Gasteiger partial charge in [0.15, 0.2) is 23.3 Å². The zero-order chi connectivity index (χ0) is 23.1. The maximum absolute atomic E-state index is 14.0. The molecule has 0 aliphatic carbocycles. The quantitative estimate of drug-likeness (QED) is 0.355. The molecule has 31 heavy (non-hydrogen) atoms. The van der Waals surface area contributed by atoms with Crippen molar-refractivity contribution < 1.29 is 40.2 Å². The van der Waals surface area contributed by atoms with Crippen molar-refractivity contribution in [2.75, 3.05) is 12.8 Å². The summed E-state index contributed by atoms with van der Waals surface area (Å²) in [6, 6.07) is 5.89. The molecule has 164 valence electrons. The lowest BCUT2D eigenvalue weighted by Crippen LogP contribution is -2.18. The average Bonchev–Trinajstić information content (AvgIpc) is 3.11. The van der Waals surface area contributed by atoms with Crippen molar-refractivity contribution in [1.82, 2.24) is 9.19 Å². The van der Waals surface area contributed by atoms with Gasteiger partial charge in [-0.3, -0.25) is 0 Å². The standard InChI is InChI=1S/C18H13F4N3O5S/c1-8-14(19)16(21)13(17(22)15(8)20)18(26)30-12-7-11(23)25(24-12)31(27,28)10-5-3-9(29-2)4-6-10/h3-7H,23H2,1-2H3. The second kappa shape index (κ2) is 7.91. The van der Waals surface area contributed by atoms with Crippen molar-refractivity contribution in [2.45, 2.75) is 11.8 Å². The van der Waals surface area contributed by atoms with Gasteiger partial charge in [0.05, 0.1) is 12.0 Å². The van der Waals surface area contributed by atoms with Crippen molar-refractivity contribution in [3.63, 3.8) is 0 Å². The predicted molar refractivity (Wildman–Crippen MR) is 98.2 cm³/mol. The molecule has 1 heterocycles. The van der Waals surface area contributed by atoms with E-state index in [1.54, 1.807) is 0 Å². The Bertz CT molecular complexity index is 1260. The van der Waals surface area contributed by atoms with E-state index in [2.05, 4.69) is 9.84 Å². The first kappa shape index (κ1) is 22.1. The number of esters is 1. The van der Waals surface area contributed by atoms with Crippen LogP contribution in [-0.4, -0.2) is 30.7 Å². The third-order valence-electron chi connectivity index (χ3n) is 4.15. The smallest absolute Gasteiger partial charge is 0.351 e. The van der Waals surface area contributed by atoms with Crippen LogP contribution < -0.4 is 15.2 Å². The number of halogens is 4. The molecule has 0 radical (unpaired) electrons. The van der Waals surface area contributed by atoms with E-state index in [1.807, 2.05) is 0 Å². The van der Waals surface area contributed by atoms with Gasteiger partial charge in [-0.2, -0.15) is 8.42 Å². The lowest BCUT2D eigenvalue weighted by Gasteiger charge is -2.08. The average molecular weight is 459 g/mol. The van der Waals surface area contributed by atoms with E-state index < -0.39 is 62.1 Å². The number of carbonyl (C=O) groups excluding carboxylic acids is 1. The third kappa shape index (κ3) is 3.79. The van der Waals surface area contributed by atoms with Crippen molar-refractivity contribution >= 4 is 21.8 Å². The van der Waals surface area contributed by atoms with Gasteiger partial charge in [0, 0.05) is 11.6 Å². The summed E-state index contributed by atoms with van der Waals surface area (Å²) < 4.78 is 90.5. The molecule has 0 aliphatic rings. The highest BCUT2D eigenvalue weighted by Gasteiger charge is 2.30. The van der Waals surface area contributed by atoms with Crippen LogP contribution in [0.5, 0.6) is 11.6 Å². The second-order valence-electron chi connectivity index (χ2n) is 6.08. The van der Waals surface area contributed by atoms with Crippen molar-refractivity contribution in [3.05, 3.63) is 64.7 Å². The Morgan fingerprint density at radius 2 is 1.58 bits per heavy atom. The van der Waals surface area contributed by atoms with Crippen LogP contribution in [0.2, 0.25) is 0 Å². The number of nitrogens with two attached hydrogens (primary N) is 1. The van der Waals surface area contributed by atoms with E-state index in [0.717, 1.165) is 13.0 Å². The Morgan fingerprint density at radius 1 is 1.03 bits per heavy atom. The van der Waals surface area contributed by atoms with Gasteiger partial charge < -0.3 is 15.2 Å². The molecule has 13 heteroatoms. The molecular formula is C18H13F4N3O5S. The van der Waals surface area contributed by atoms with Crippen molar-refractivity contribution in [2.24, 2.45) is 0 Å². The first-order valence-corrected chi connectivity index (χ1v) is 9.73. The van der Waals surface area contributed by atoms with E-state index in [4.69, 9.17) is 10.5 Å². The van der Waals surface area contributed by atoms with E-state index >= 15 is 0 Å². The minimum atomic E-state index is -4.34. The van der Waals surface area contributed by atoms with Crippen LogP contribution in [0.25, 0.3) is 0 Å². The Kier molecular flexibility index (Phi) is 5.63. The molecule has 3 rings (SSSR count). The molecule has 0 aliphatic heterocycles. The summed E-state index contributed by atoms with van der Waals surface area (Å²) in [6.45, 7) is 0.776. The number of nitrogens with zero attached hydrogens (tertiary/aromatic N) is 2. The molecule has 1 aromatic heterocycles. The lowest BCUT2D eigenvalue weighted by molar-refractivity contribution is 0.0713. The maximum atomic E-state index is 14.0. The number of nitrogen functional groups attached to an aromatic ring is 1. The molecule has 0 unspecified atom stereocenters. The highest BCUT2D eigenvalue weighted by Crippen LogP contribution is 2.26. The van der Waals surface area contributed by atoms with Crippen LogP contribution in [0.3, 0.4) is 0 Å². The summed E-state index contributed by atoms with van der Waals surface area (Å²) in [5.74, 6) is -10.3. The van der Waals surface area contributed by atoms with Gasteiger partial charge in [0.1, 0.15) is 17.1 Å². The summed E-state index contributed by atoms with van der Waals surface area (Å²) in [5, 5.41) is 3.48. The first-order chi connectivity index (χ1) is 14.5. The maximum Gasteiger partial charge on any atom is 0.351 e. The van der Waals surface area contributed by atoms with Gasteiger partial charge in [-0.15, -0.1) is 9.19 Å². The molecule has 0 saturated heterocycles. The van der Waals surface area contributed by atoms with E-state index in [9.17, 15) is 30.8 Å². The minimum Gasteiger partial charge on any atom is -0.497 e. The Labute approximate surface area is 172 Å². The number of hydrogen-bond donors (Lipinski definition) is 1. The molecule has 2 N–H and O–H groups in total. The topological polar surface area (TPSA) is 114 Å². The zero-order valence-electron chi connectivity index (χ0n) is 15.8. The third-order valence-corrected chi connectivity index (χ3v) is 5.77. The summed E-state index contributed by atoms with van der Waals surface area (Å²) >= 11 is 0. The summed E-state index contributed by atoms with van der Waals surface area (Å²) in [5.41, 5.74) is 2.99. The number of rotatable bonds is 5. The van der Waals surface area contributed by atoms with Crippen LogP contribution in [0.15, 0.2) is 35.2 Å². The Morgan fingerprint density at radius 3 is 2.10 bits per heavy atom. The fourth-order valence-corrected chi connectivity index (χ4v) is 3.71. The number of methoxy groups -OCH3 is 1. The zero-order valence-corrected chi connectivity index (χ0v) is 16.6. The van der Waals surface area contributed by atoms with Gasteiger partial charge in [-0.25, -0.2) is 22.4 Å². The van der Waals surface area contributed by atoms with Crippen LogP contribution in [0, 0.1) is 30.2 Å². The molecule has 2 aromatic carbocycles. The fraction of sp³-hybridized carbons (Fsp3) is 0.111. The fourth-order valence-electron chi connectivity index (χ4n) is 2.51. The Hall–Kier alpha value is -3.61. The monoisotopic (exact) mass is 459 g/mol. The Balaban J connectivity index is 1.96. The molecule has 0 bridgehead atoms. The number of ether oxygens (including phenoxy) is 2. The molecule has 3 aromatic rings. The first-order valence-electron chi connectivity index (χ1n) is 8.29.